The van der Waals surface area contributed by atoms with Gasteiger partial charge in [-0.15, -0.1) is 0 Å². The third-order valence-electron chi connectivity index (χ3n) is 0.727. The maximum Gasteiger partial charge on any atom is 0.245 e. The van der Waals surface area contributed by atoms with Crippen LogP contribution in [0.3, 0.4) is 0 Å². The molecule has 0 aromatic heterocycles. The molecule has 0 bridgehead atoms. The van der Waals surface area contributed by atoms with Gasteiger partial charge in [0.15, 0.2) is 11.1 Å². The maximum atomic E-state index is 9.91. The lowest BCUT2D eigenvalue weighted by Gasteiger charge is -2.05. The van der Waals surface area contributed by atoms with Gasteiger partial charge in [-0.2, -0.15) is 4.99 Å². The van der Waals surface area contributed by atoms with Crippen LogP contribution in [-0.4, -0.2) is 36.0 Å². The third-order valence-corrected chi connectivity index (χ3v) is 1.09. The lowest BCUT2D eigenvalue weighted by molar-refractivity contribution is -0.115. The fraction of sp³-hybridized carbons (Fsp3) is 0.500. The second-order valence-electron chi connectivity index (χ2n) is 2.29. The molecule has 0 aliphatic carbocycles. The second-order valence-corrected chi connectivity index (χ2v) is 2.71. The molecule has 0 atom stereocenters. The molecule has 0 saturated carbocycles. The first-order valence-electron chi connectivity index (χ1n) is 3.34. The number of hydrogen-bond acceptors (Lipinski definition) is 2. The zero-order valence-corrected chi connectivity index (χ0v) is 8.76. The van der Waals surface area contributed by atoms with Crippen molar-refractivity contribution in [2.24, 2.45) is 22.2 Å². The number of nitrogens with zero attached hydrogens (tertiary/aromatic N) is 2. The SMILES string of the molecule is CC(=O)N=C(N)N.CN(C)C(N)=S. The minimum absolute atomic E-state index is 0.187. The van der Waals surface area contributed by atoms with Crippen molar-refractivity contribution in [3.63, 3.8) is 0 Å². The van der Waals surface area contributed by atoms with Crippen molar-refractivity contribution < 1.29 is 4.79 Å². The number of rotatable bonds is 0. The number of carbonyl (C=O) groups excluding carboxylic acids is 1. The Balaban J connectivity index is 0. The quantitative estimate of drug-likeness (QED) is 0.255. The molecule has 0 rings (SSSR count). The van der Waals surface area contributed by atoms with Gasteiger partial charge < -0.3 is 22.1 Å². The summed E-state index contributed by atoms with van der Waals surface area (Å²) in [6.45, 7) is 1.28. The minimum Gasteiger partial charge on any atom is -0.376 e. The molecule has 0 spiro atoms. The number of carbonyl (C=O) groups is 1. The third kappa shape index (κ3) is 18.0. The predicted octanol–water partition coefficient (Wildman–Crippen LogP) is -1.40. The van der Waals surface area contributed by atoms with E-state index in [0.717, 1.165) is 0 Å². The van der Waals surface area contributed by atoms with Gasteiger partial charge in [0.2, 0.25) is 5.91 Å². The first-order valence-corrected chi connectivity index (χ1v) is 3.75. The van der Waals surface area contributed by atoms with Crippen LogP contribution in [0.4, 0.5) is 0 Å². The number of hydrogen-bond donors (Lipinski definition) is 3. The first-order chi connectivity index (χ1) is 5.77. The molecular formula is C6H15N5OS. The van der Waals surface area contributed by atoms with Crippen molar-refractivity contribution >= 4 is 29.2 Å². The summed E-state index contributed by atoms with van der Waals surface area (Å²) in [7, 11) is 3.62. The summed E-state index contributed by atoms with van der Waals surface area (Å²) in [6.07, 6.45) is 0. The predicted molar refractivity (Wildman–Crippen MR) is 57.0 cm³/mol. The van der Waals surface area contributed by atoms with Gasteiger partial charge in [-0.25, -0.2) is 0 Å². The highest BCUT2D eigenvalue weighted by atomic mass is 32.1. The summed E-state index contributed by atoms with van der Waals surface area (Å²) in [6, 6.07) is 0. The van der Waals surface area contributed by atoms with Crippen molar-refractivity contribution in [2.45, 2.75) is 6.92 Å². The topological polar surface area (TPSA) is 111 Å². The Labute approximate surface area is 82.8 Å². The molecule has 0 aromatic carbocycles. The Kier molecular flexibility index (Phi) is 7.94. The van der Waals surface area contributed by atoms with Gasteiger partial charge in [0.1, 0.15) is 0 Å². The first kappa shape index (κ1) is 14.2. The number of amides is 1. The molecule has 76 valence electrons. The average molecular weight is 205 g/mol. The van der Waals surface area contributed by atoms with E-state index in [1.165, 1.54) is 6.92 Å². The van der Waals surface area contributed by atoms with Crippen molar-refractivity contribution in [2.75, 3.05) is 14.1 Å². The zero-order chi connectivity index (χ0) is 11.0. The van der Waals surface area contributed by atoms with Gasteiger partial charge in [0.05, 0.1) is 0 Å². The number of nitrogens with two attached hydrogens (primary N) is 3. The van der Waals surface area contributed by atoms with Crippen molar-refractivity contribution in [1.82, 2.24) is 4.90 Å². The highest BCUT2D eigenvalue weighted by molar-refractivity contribution is 7.80. The Morgan fingerprint density at radius 2 is 1.62 bits per heavy atom. The summed E-state index contributed by atoms with van der Waals surface area (Å²) in [4.78, 5) is 14.7. The lowest BCUT2D eigenvalue weighted by atomic mass is 10.7. The molecule has 13 heavy (non-hydrogen) atoms. The number of aliphatic imine (C=N–C) groups is 1. The molecule has 0 aliphatic rings. The van der Waals surface area contributed by atoms with E-state index in [0.29, 0.717) is 5.11 Å². The van der Waals surface area contributed by atoms with Crippen molar-refractivity contribution in [3.05, 3.63) is 0 Å². The summed E-state index contributed by atoms with van der Waals surface area (Å²) >= 11 is 4.52. The van der Waals surface area contributed by atoms with Crippen LogP contribution >= 0.6 is 12.2 Å². The molecule has 0 saturated heterocycles. The smallest absolute Gasteiger partial charge is 0.245 e. The Morgan fingerprint density at radius 1 is 1.31 bits per heavy atom. The van der Waals surface area contributed by atoms with E-state index in [2.05, 4.69) is 17.2 Å². The van der Waals surface area contributed by atoms with Gasteiger partial charge in [-0.3, -0.25) is 4.79 Å². The van der Waals surface area contributed by atoms with Crippen LogP contribution in [0.25, 0.3) is 0 Å². The van der Waals surface area contributed by atoms with Crippen LogP contribution in [0.2, 0.25) is 0 Å². The average Bonchev–Trinajstić information content (AvgIpc) is 1.84. The molecule has 0 aliphatic heterocycles. The highest BCUT2D eigenvalue weighted by Crippen LogP contribution is 1.67. The van der Waals surface area contributed by atoms with Gasteiger partial charge in [0.25, 0.3) is 0 Å². The summed E-state index contributed by atoms with van der Waals surface area (Å²) < 4.78 is 0. The normalized spacial score (nSPS) is 7.62. The van der Waals surface area contributed by atoms with Crippen LogP contribution in [0, 0.1) is 0 Å². The number of guanidine groups is 1. The molecule has 0 heterocycles. The minimum atomic E-state index is -0.375. The molecule has 0 unspecified atom stereocenters. The van der Waals surface area contributed by atoms with Crippen LogP contribution in [0.15, 0.2) is 4.99 Å². The molecule has 0 radical (unpaired) electrons. The van der Waals surface area contributed by atoms with Crippen LogP contribution in [0.1, 0.15) is 6.92 Å². The van der Waals surface area contributed by atoms with E-state index in [-0.39, 0.29) is 11.9 Å². The van der Waals surface area contributed by atoms with Crippen LogP contribution in [-0.2, 0) is 4.79 Å². The van der Waals surface area contributed by atoms with Gasteiger partial charge in [0, 0.05) is 21.0 Å². The molecule has 0 aromatic rings. The highest BCUT2D eigenvalue weighted by Gasteiger charge is 1.83. The fourth-order valence-electron chi connectivity index (χ4n) is 0.182. The van der Waals surface area contributed by atoms with Gasteiger partial charge in [-0.05, 0) is 12.2 Å². The van der Waals surface area contributed by atoms with Crippen molar-refractivity contribution in [1.29, 1.82) is 0 Å². The standard InChI is InChI=1S/C3H7N3O.C3H8N2S/c1-2(7)6-3(4)5;1-5(2)3(4)6/h1H3,(H4,4,5,6,7);1-2H3,(H2,4,6). The molecular weight excluding hydrogens is 190 g/mol. The van der Waals surface area contributed by atoms with Gasteiger partial charge in [-0.1, -0.05) is 0 Å². The van der Waals surface area contributed by atoms with E-state index in [9.17, 15) is 4.79 Å². The van der Waals surface area contributed by atoms with E-state index in [1.54, 1.807) is 4.90 Å². The van der Waals surface area contributed by atoms with Crippen LogP contribution < -0.4 is 17.2 Å². The molecule has 1 amide bonds. The zero-order valence-electron chi connectivity index (χ0n) is 7.94. The van der Waals surface area contributed by atoms with E-state index in [4.69, 9.17) is 17.2 Å². The second kappa shape index (κ2) is 7.29. The van der Waals surface area contributed by atoms with E-state index in [1.807, 2.05) is 14.1 Å². The molecule has 0 fully saturated rings. The molecule has 6 nitrogen and oxygen atoms in total. The van der Waals surface area contributed by atoms with Crippen LogP contribution in [0.5, 0.6) is 0 Å². The Hall–Kier alpha value is -1.37. The van der Waals surface area contributed by atoms with Gasteiger partial charge >= 0.3 is 0 Å². The molecule has 6 N–H and O–H groups in total. The fourth-order valence-corrected chi connectivity index (χ4v) is 0.182. The summed E-state index contributed by atoms with van der Waals surface area (Å²) in [5, 5.41) is 0.426. The number of thiocarbonyl (C=S) groups is 1. The summed E-state index contributed by atoms with van der Waals surface area (Å²) in [5.74, 6) is -0.562. The molecule has 7 heteroatoms. The van der Waals surface area contributed by atoms with Crippen molar-refractivity contribution in [3.8, 4) is 0 Å². The Morgan fingerprint density at radius 3 is 1.62 bits per heavy atom. The summed E-state index contributed by atoms with van der Waals surface area (Å²) in [5.41, 5.74) is 14.7. The monoisotopic (exact) mass is 205 g/mol. The lowest BCUT2D eigenvalue weighted by Crippen LogP contribution is -2.27. The maximum absolute atomic E-state index is 9.91. The van der Waals surface area contributed by atoms with E-state index < -0.39 is 0 Å². The Bertz CT molecular complexity index is 209. The van der Waals surface area contributed by atoms with E-state index >= 15 is 0 Å². The largest absolute Gasteiger partial charge is 0.376 e.